The molecule has 2 aromatic carbocycles. The quantitative estimate of drug-likeness (QED) is 0.542. The lowest BCUT2D eigenvalue weighted by Gasteiger charge is -2.25. The van der Waals surface area contributed by atoms with E-state index in [1.165, 1.54) is 28.6 Å². The van der Waals surface area contributed by atoms with Gasteiger partial charge in [-0.15, -0.1) is 0 Å². The Hall–Kier alpha value is -3.38. The van der Waals surface area contributed by atoms with Crippen LogP contribution in [0.4, 0.5) is 17.1 Å². The van der Waals surface area contributed by atoms with Crippen molar-refractivity contribution >= 4 is 33.0 Å². The molecule has 0 aliphatic carbocycles. The number of hydrogen-bond donors (Lipinski definition) is 1. The van der Waals surface area contributed by atoms with E-state index < -0.39 is 37.2 Å². The second-order valence-corrected chi connectivity index (χ2v) is 8.60. The van der Waals surface area contributed by atoms with Crippen molar-refractivity contribution < 1.29 is 23.1 Å². The van der Waals surface area contributed by atoms with E-state index in [9.17, 15) is 33.4 Å². The van der Waals surface area contributed by atoms with Crippen LogP contribution in [0.15, 0.2) is 47.4 Å². The second kappa shape index (κ2) is 8.55. The minimum absolute atomic E-state index is 0.0868. The largest absolute Gasteiger partial charge is 0.322 e. The minimum atomic E-state index is -3.62. The zero-order chi connectivity index (χ0) is 21.9. The Morgan fingerprint density at radius 3 is 2.13 bits per heavy atom. The molecule has 3 rings (SSSR count). The molecule has 1 N–H and O–H groups in total. The van der Waals surface area contributed by atoms with Gasteiger partial charge in [-0.1, -0.05) is 6.42 Å². The number of benzene rings is 2. The molecule has 1 fully saturated rings. The number of carbonyl (C=O) groups is 1. The van der Waals surface area contributed by atoms with Gasteiger partial charge in [0, 0.05) is 24.8 Å². The van der Waals surface area contributed by atoms with Crippen molar-refractivity contribution in [2.45, 2.75) is 24.2 Å². The second-order valence-electron chi connectivity index (χ2n) is 6.66. The van der Waals surface area contributed by atoms with Crippen LogP contribution < -0.4 is 5.32 Å². The minimum Gasteiger partial charge on any atom is -0.322 e. The Balaban J connectivity index is 1.79. The summed E-state index contributed by atoms with van der Waals surface area (Å²) in [4.78, 5) is 32.8. The normalized spacial score (nSPS) is 14.8. The summed E-state index contributed by atoms with van der Waals surface area (Å²) in [5, 5.41) is 24.4. The van der Waals surface area contributed by atoms with E-state index in [2.05, 4.69) is 5.32 Å². The Morgan fingerprint density at radius 2 is 1.57 bits per heavy atom. The van der Waals surface area contributed by atoms with Crippen LogP contribution in [0.5, 0.6) is 0 Å². The van der Waals surface area contributed by atoms with Gasteiger partial charge in [0.2, 0.25) is 10.0 Å². The average Bonchev–Trinajstić information content (AvgIpc) is 2.74. The molecule has 0 unspecified atom stereocenters. The molecule has 0 atom stereocenters. The number of sulfonamides is 1. The highest BCUT2D eigenvalue weighted by molar-refractivity contribution is 7.89. The van der Waals surface area contributed by atoms with Crippen molar-refractivity contribution in [1.29, 1.82) is 0 Å². The van der Waals surface area contributed by atoms with Gasteiger partial charge in [0.1, 0.15) is 5.56 Å². The summed E-state index contributed by atoms with van der Waals surface area (Å²) in [7, 11) is -3.62. The SMILES string of the molecule is O=C(Nc1ccc(S(=O)(=O)N2CCCCC2)cc1)c1ccc([N+](=O)[O-])cc1[N+](=O)[O-]. The Morgan fingerprint density at radius 1 is 0.933 bits per heavy atom. The van der Waals surface area contributed by atoms with Gasteiger partial charge in [-0.25, -0.2) is 8.42 Å². The van der Waals surface area contributed by atoms with Gasteiger partial charge in [-0.05, 0) is 43.2 Å². The van der Waals surface area contributed by atoms with E-state index in [0.717, 1.165) is 31.4 Å². The monoisotopic (exact) mass is 434 g/mol. The van der Waals surface area contributed by atoms with E-state index in [1.807, 2.05) is 0 Å². The molecule has 30 heavy (non-hydrogen) atoms. The molecule has 0 radical (unpaired) electrons. The Labute approximate surface area is 171 Å². The number of nitrogens with zero attached hydrogens (tertiary/aromatic N) is 3. The number of nitro benzene ring substituents is 2. The summed E-state index contributed by atoms with van der Waals surface area (Å²) in [6.45, 7) is 0.926. The van der Waals surface area contributed by atoms with Gasteiger partial charge in [0.05, 0.1) is 20.8 Å². The summed E-state index contributed by atoms with van der Waals surface area (Å²) >= 11 is 0. The number of non-ortho nitro benzene ring substituents is 1. The molecule has 0 saturated carbocycles. The zero-order valence-electron chi connectivity index (χ0n) is 15.7. The number of amides is 1. The first kappa shape index (κ1) is 21.3. The number of rotatable bonds is 6. The van der Waals surface area contributed by atoms with Gasteiger partial charge < -0.3 is 5.32 Å². The Bertz CT molecular complexity index is 1090. The van der Waals surface area contributed by atoms with Gasteiger partial charge in [0.25, 0.3) is 17.3 Å². The molecular weight excluding hydrogens is 416 g/mol. The smallest absolute Gasteiger partial charge is 0.289 e. The topological polar surface area (TPSA) is 153 Å². The van der Waals surface area contributed by atoms with Crippen LogP contribution in [0.25, 0.3) is 0 Å². The molecule has 0 aromatic heterocycles. The van der Waals surface area contributed by atoms with Crippen LogP contribution in [0.3, 0.4) is 0 Å². The predicted molar refractivity (Wildman–Crippen MR) is 107 cm³/mol. The highest BCUT2D eigenvalue weighted by atomic mass is 32.2. The van der Waals surface area contributed by atoms with E-state index in [-0.39, 0.29) is 16.1 Å². The lowest BCUT2D eigenvalue weighted by atomic mass is 10.1. The Kier molecular flexibility index (Phi) is 6.08. The summed E-state index contributed by atoms with van der Waals surface area (Å²) < 4.78 is 26.7. The standard InChI is InChI=1S/C18H18N4O7S/c23-18(16-9-6-14(21(24)25)12-17(16)22(26)27)19-13-4-7-15(8-5-13)30(28,29)20-10-2-1-3-11-20/h4-9,12H,1-3,10-11H2,(H,19,23). The maximum Gasteiger partial charge on any atom is 0.289 e. The number of nitro groups is 2. The molecule has 2 aromatic rings. The zero-order valence-corrected chi connectivity index (χ0v) is 16.5. The number of hydrogen-bond acceptors (Lipinski definition) is 7. The van der Waals surface area contributed by atoms with Crippen molar-refractivity contribution in [2.24, 2.45) is 0 Å². The number of carbonyl (C=O) groups excluding carboxylic acids is 1. The summed E-state index contributed by atoms with van der Waals surface area (Å²) in [6, 6.07) is 8.17. The molecule has 1 aliphatic heterocycles. The van der Waals surface area contributed by atoms with E-state index in [0.29, 0.717) is 19.2 Å². The molecule has 11 nitrogen and oxygen atoms in total. The highest BCUT2D eigenvalue weighted by Crippen LogP contribution is 2.26. The van der Waals surface area contributed by atoms with Crippen LogP contribution in [-0.4, -0.2) is 41.6 Å². The van der Waals surface area contributed by atoms with Gasteiger partial charge in [-0.2, -0.15) is 4.31 Å². The molecule has 0 spiro atoms. The third kappa shape index (κ3) is 4.44. The van der Waals surface area contributed by atoms with Gasteiger partial charge in [-0.3, -0.25) is 25.0 Å². The number of piperidine rings is 1. The summed E-state index contributed by atoms with van der Waals surface area (Å²) in [5.74, 6) is -0.844. The van der Waals surface area contributed by atoms with Crippen molar-refractivity contribution in [3.05, 3.63) is 68.3 Å². The van der Waals surface area contributed by atoms with Crippen molar-refractivity contribution in [3.63, 3.8) is 0 Å². The molecule has 0 bridgehead atoms. The number of anilines is 1. The molecular formula is C18H18N4O7S. The molecule has 12 heteroatoms. The van der Waals surface area contributed by atoms with E-state index in [1.54, 1.807) is 0 Å². The lowest BCUT2D eigenvalue weighted by Crippen LogP contribution is -2.35. The first-order chi connectivity index (χ1) is 14.2. The van der Waals surface area contributed by atoms with E-state index >= 15 is 0 Å². The molecule has 1 aliphatic rings. The first-order valence-corrected chi connectivity index (χ1v) is 10.5. The maximum absolute atomic E-state index is 12.7. The van der Waals surface area contributed by atoms with Crippen LogP contribution in [-0.2, 0) is 10.0 Å². The van der Waals surface area contributed by atoms with Gasteiger partial charge in [0.15, 0.2) is 0 Å². The maximum atomic E-state index is 12.7. The van der Waals surface area contributed by atoms with Crippen LogP contribution in [0.1, 0.15) is 29.6 Å². The summed E-state index contributed by atoms with van der Waals surface area (Å²) in [6.07, 6.45) is 2.61. The molecule has 158 valence electrons. The van der Waals surface area contributed by atoms with E-state index in [4.69, 9.17) is 0 Å². The van der Waals surface area contributed by atoms with Crippen LogP contribution in [0.2, 0.25) is 0 Å². The van der Waals surface area contributed by atoms with Gasteiger partial charge >= 0.3 is 0 Å². The molecule has 1 saturated heterocycles. The average molecular weight is 434 g/mol. The third-order valence-electron chi connectivity index (χ3n) is 4.70. The highest BCUT2D eigenvalue weighted by Gasteiger charge is 2.27. The van der Waals surface area contributed by atoms with Crippen LogP contribution in [0, 0.1) is 20.2 Å². The lowest BCUT2D eigenvalue weighted by molar-refractivity contribution is -0.394. The fourth-order valence-electron chi connectivity index (χ4n) is 3.14. The first-order valence-electron chi connectivity index (χ1n) is 9.04. The molecule has 1 amide bonds. The fraction of sp³-hybridized carbons (Fsp3) is 0.278. The van der Waals surface area contributed by atoms with Crippen molar-refractivity contribution in [1.82, 2.24) is 4.31 Å². The van der Waals surface area contributed by atoms with Crippen LogP contribution >= 0.6 is 0 Å². The number of nitrogens with one attached hydrogen (secondary N) is 1. The third-order valence-corrected chi connectivity index (χ3v) is 6.61. The predicted octanol–water partition coefficient (Wildman–Crippen LogP) is 2.93. The van der Waals surface area contributed by atoms with Crippen molar-refractivity contribution in [2.75, 3.05) is 18.4 Å². The molecule has 1 heterocycles. The fourth-order valence-corrected chi connectivity index (χ4v) is 4.66. The summed E-state index contributed by atoms with van der Waals surface area (Å²) in [5.41, 5.74) is -1.34. The van der Waals surface area contributed by atoms with Crippen molar-refractivity contribution in [3.8, 4) is 0 Å².